The zero-order chi connectivity index (χ0) is 14.4. The molecule has 0 bridgehead atoms. The second-order valence-electron chi connectivity index (χ2n) is 5.89. The molecule has 0 aromatic heterocycles. The van der Waals surface area contributed by atoms with E-state index in [9.17, 15) is 9.18 Å². The number of rotatable bonds is 1. The third-order valence-electron chi connectivity index (χ3n) is 3.39. The Kier molecular flexibility index (Phi) is 3.58. The number of nitrogens with two attached hydrogens (primary N) is 1. The van der Waals surface area contributed by atoms with Crippen LogP contribution in [0.2, 0.25) is 5.02 Å². The van der Waals surface area contributed by atoms with Crippen molar-refractivity contribution in [1.29, 1.82) is 0 Å². The Balaban J connectivity index is 2.52. The Morgan fingerprint density at radius 3 is 2.63 bits per heavy atom. The Hall–Kier alpha value is -1.13. The molecule has 1 aliphatic heterocycles. The lowest BCUT2D eigenvalue weighted by Crippen LogP contribution is -2.45. The molecule has 0 aliphatic carbocycles. The molecule has 1 aromatic rings. The molecule has 5 heteroatoms. The van der Waals surface area contributed by atoms with Gasteiger partial charge in [0.2, 0.25) is 5.91 Å². The SMILES string of the molecule is CC(C)(C)N1C(=O)CC(N)C1c1cccc(Cl)c1F. The molecule has 19 heavy (non-hydrogen) atoms. The first-order valence-electron chi connectivity index (χ1n) is 6.25. The average molecular weight is 285 g/mol. The number of amides is 1. The summed E-state index contributed by atoms with van der Waals surface area (Å²) in [4.78, 5) is 13.8. The molecule has 0 radical (unpaired) electrons. The van der Waals surface area contributed by atoms with E-state index in [1.165, 1.54) is 6.07 Å². The van der Waals surface area contributed by atoms with Gasteiger partial charge in [-0.3, -0.25) is 4.79 Å². The van der Waals surface area contributed by atoms with Gasteiger partial charge in [-0.05, 0) is 26.8 Å². The number of nitrogens with zero attached hydrogens (tertiary/aromatic N) is 1. The van der Waals surface area contributed by atoms with E-state index in [2.05, 4.69) is 0 Å². The molecule has 1 saturated heterocycles. The van der Waals surface area contributed by atoms with E-state index in [0.29, 0.717) is 5.56 Å². The lowest BCUT2D eigenvalue weighted by atomic mass is 9.96. The van der Waals surface area contributed by atoms with Gasteiger partial charge in [-0.1, -0.05) is 23.7 Å². The molecule has 1 amide bonds. The van der Waals surface area contributed by atoms with Crippen LogP contribution in [0.4, 0.5) is 4.39 Å². The first kappa shape index (κ1) is 14.3. The van der Waals surface area contributed by atoms with Crippen LogP contribution >= 0.6 is 11.6 Å². The lowest BCUT2D eigenvalue weighted by molar-refractivity contribution is -0.133. The normalized spacial score (nSPS) is 24.1. The molecule has 104 valence electrons. The molecule has 3 nitrogen and oxygen atoms in total. The third kappa shape index (κ3) is 2.47. The minimum atomic E-state index is -0.492. The molecular formula is C14H18ClFN2O. The predicted octanol–water partition coefficient (Wildman–Crippen LogP) is 2.88. The number of benzene rings is 1. The van der Waals surface area contributed by atoms with Gasteiger partial charge in [0.25, 0.3) is 0 Å². The van der Waals surface area contributed by atoms with Crippen molar-refractivity contribution in [2.24, 2.45) is 5.73 Å². The fourth-order valence-corrected chi connectivity index (χ4v) is 2.85. The Bertz CT molecular complexity index is 513. The number of hydrogen-bond acceptors (Lipinski definition) is 2. The topological polar surface area (TPSA) is 46.3 Å². The van der Waals surface area contributed by atoms with Crippen LogP contribution in [0.1, 0.15) is 38.8 Å². The highest BCUT2D eigenvalue weighted by molar-refractivity contribution is 6.30. The predicted molar refractivity (Wildman–Crippen MR) is 73.3 cm³/mol. The second kappa shape index (κ2) is 4.76. The van der Waals surface area contributed by atoms with Gasteiger partial charge in [-0.15, -0.1) is 0 Å². The standard InChI is InChI=1S/C14H18ClFN2O/c1-14(2,3)18-11(19)7-10(17)13(18)8-5-4-6-9(15)12(8)16/h4-6,10,13H,7,17H2,1-3H3. The summed E-state index contributed by atoms with van der Waals surface area (Å²) < 4.78 is 14.2. The van der Waals surface area contributed by atoms with Gasteiger partial charge in [-0.25, -0.2) is 4.39 Å². The second-order valence-corrected chi connectivity index (χ2v) is 6.30. The van der Waals surface area contributed by atoms with Crippen LogP contribution < -0.4 is 5.73 Å². The molecule has 1 heterocycles. The van der Waals surface area contributed by atoms with E-state index in [-0.39, 0.29) is 17.4 Å². The van der Waals surface area contributed by atoms with E-state index >= 15 is 0 Å². The summed E-state index contributed by atoms with van der Waals surface area (Å²) in [5.41, 5.74) is 6.01. The van der Waals surface area contributed by atoms with Crippen LogP contribution in [0.25, 0.3) is 0 Å². The smallest absolute Gasteiger partial charge is 0.225 e. The van der Waals surface area contributed by atoms with E-state index in [1.807, 2.05) is 20.8 Å². The number of carbonyl (C=O) groups excluding carboxylic acids is 1. The fraction of sp³-hybridized carbons (Fsp3) is 0.500. The van der Waals surface area contributed by atoms with Crippen LogP contribution in [-0.2, 0) is 4.79 Å². The maximum Gasteiger partial charge on any atom is 0.225 e. The molecular weight excluding hydrogens is 267 g/mol. The van der Waals surface area contributed by atoms with Crippen molar-refractivity contribution in [2.45, 2.75) is 44.8 Å². The third-order valence-corrected chi connectivity index (χ3v) is 3.68. The van der Waals surface area contributed by atoms with Crippen molar-refractivity contribution in [3.63, 3.8) is 0 Å². The highest BCUT2D eigenvalue weighted by Gasteiger charge is 2.45. The maximum absolute atomic E-state index is 14.2. The summed E-state index contributed by atoms with van der Waals surface area (Å²) in [6.07, 6.45) is 0.230. The summed E-state index contributed by atoms with van der Waals surface area (Å²) in [6.45, 7) is 5.75. The quantitative estimate of drug-likeness (QED) is 0.862. The first-order valence-corrected chi connectivity index (χ1v) is 6.63. The highest BCUT2D eigenvalue weighted by atomic mass is 35.5. The van der Waals surface area contributed by atoms with Gasteiger partial charge < -0.3 is 10.6 Å². The molecule has 2 rings (SSSR count). The van der Waals surface area contributed by atoms with Gasteiger partial charge >= 0.3 is 0 Å². The average Bonchev–Trinajstić information content (AvgIpc) is 2.57. The Labute approximate surface area is 117 Å². The van der Waals surface area contributed by atoms with Crippen molar-refractivity contribution >= 4 is 17.5 Å². The van der Waals surface area contributed by atoms with Crippen molar-refractivity contribution in [3.05, 3.63) is 34.6 Å². The molecule has 1 aromatic carbocycles. The van der Waals surface area contributed by atoms with Gasteiger partial charge in [-0.2, -0.15) is 0 Å². The molecule has 2 atom stereocenters. The molecule has 0 saturated carbocycles. The number of halogens is 2. The molecule has 1 aliphatic rings. The van der Waals surface area contributed by atoms with E-state index < -0.39 is 23.4 Å². The van der Waals surface area contributed by atoms with Crippen LogP contribution in [0.15, 0.2) is 18.2 Å². The highest BCUT2D eigenvalue weighted by Crippen LogP contribution is 2.39. The molecule has 0 spiro atoms. The van der Waals surface area contributed by atoms with Crippen LogP contribution in [0.5, 0.6) is 0 Å². The van der Waals surface area contributed by atoms with Gasteiger partial charge in [0, 0.05) is 23.6 Å². The minimum absolute atomic E-state index is 0.0515. The maximum atomic E-state index is 14.2. The van der Waals surface area contributed by atoms with Crippen LogP contribution in [0.3, 0.4) is 0 Å². The fourth-order valence-electron chi connectivity index (χ4n) is 2.67. The van der Waals surface area contributed by atoms with E-state index in [0.717, 1.165) is 0 Å². The van der Waals surface area contributed by atoms with Gasteiger partial charge in [0.05, 0.1) is 11.1 Å². The van der Waals surface area contributed by atoms with E-state index in [4.69, 9.17) is 17.3 Å². The van der Waals surface area contributed by atoms with Crippen LogP contribution in [-0.4, -0.2) is 22.4 Å². The van der Waals surface area contributed by atoms with Crippen molar-refractivity contribution in [1.82, 2.24) is 4.90 Å². The molecule has 1 fully saturated rings. The summed E-state index contributed by atoms with van der Waals surface area (Å²) in [5, 5.41) is 0.0536. The molecule has 2 unspecified atom stereocenters. The van der Waals surface area contributed by atoms with E-state index in [1.54, 1.807) is 17.0 Å². The van der Waals surface area contributed by atoms with Gasteiger partial charge in [0.1, 0.15) is 5.82 Å². The zero-order valence-corrected chi connectivity index (χ0v) is 12.0. The summed E-state index contributed by atoms with van der Waals surface area (Å²) in [7, 11) is 0. The number of likely N-dealkylation sites (tertiary alicyclic amines) is 1. The monoisotopic (exact) mass is 284 g/mol. The Morgan fingerprint density at radius 2 is 2.05 bits per heavy atom. The molecule has 2 N–H and O–H groups in total. The number of carbonyl (C=O) groups is 1. The van der Waals surface area contributed by atoms with Gasteiger partial charge in [0.15, 0.2) is 0 Å². The summed E-state index contributed by atoms with van der Waals surface area (Å²) in [6, 6.07) is 3.93. The van der Waals surface area contributed by atoms with Crippen LogP contribution in [0, 0.1) is 5.82 Å². The minimum Gasteiger partial charge on any atom is -0.329 e. The lowest BCUT2D eigenvalue weighted by Gasteiger charge is -2.38. The first-order chi connectivity index (χ1) is 8.73. The van der Waals surface area contributed by atoms with Crippen molar-refractivity contribution < 1.29 is 9.18 Å². The largest absolute Gasteiger partial charge is 0.329 e. The Morgan fingerprint density at radius 1 is 1.42 bits per heavy atom. The van der Waals surface area contributed by atoms with Crippen molar-refractivity contribution in [2.75, 3.05) is 0 Å². The zero-order valence-electron chi connectivity index (χ0n) is 11.3. The van der Waals surface area contributed by atoms with Crippen molar-refractivity contribution in [3.8, 4) is 0 Å². The number of hydrogen-bond donors (Lipinski definition) is 1. The summed E-state index contributed by atoms with van der Waals surface area (Å²) in [5.74, 6) is -0.544. The summed E-state index contributed by atoms with van der Waals surface area (Å²) >= 11 is 5.82.